The third-order valence-electron chi connectivity index (χ3n) is 13.6. The Kier molecular flexibility index (Phi) is 16.9. The van der Waals surface area contributed by atoms with E-state index in [1.165, 1.54) is 16.0 Å². The molecule has 2 saturated heterocycles. The summed E-state index contributed by atoms with van der Waals surface area (Å²) in [6.45, 7) is 9.88. The van der Waals surface area contributed by atoms with Gasteiger partial charge < -0.3 is 25.3 Å². The zero-order valence-electron chi connectivity index (χ0n) is 39.8. The molecule has 12 heteroatoms. The van der Waals surface area contributed by atoms with Crippen molar-refractivity contribution in [3.8, 4) is 21.6 Å². The van der Waals surface area contributed by atoms with Crippen LogP contribution in [0.3, 0.4) is 0 Å². The predicted molar refractivity (Wildman–Crippen MR) is 279 cm³/mol. The maximum atomic E-state index is 14.4. The Morgan fingerprint density at radius 1 is 0.809 bits per heavy atom. The SMILES string of the molecule is CCC1=S(C[C@@H]2CCCN2C(=O)Cc2ccccc2)C(c2ccc(-c3ccc(-c4cnc(C5CCCN5C(=O)[C@H](NC(=O)CCCNCCN(CC)C(C)=O)c5ccccc5)s4)cc3)cc2)=CC1. The highest BCUT2D eigenvalue weighted by atomic mass is 32.2. The zero-order chi connectivity index (χ0) is 47.4. The van der Waals surface area contributed by atoms with Crippen molar-refractivity contribution in [3.63, 3.8) is 0 Å². The number of amides is 4. The molecule has 2 N–H and O–H groups in total. The van der Waals surface area contributed by atoms with Gasteiger partial charge in [0, 0.05) is 69.0 Å². The Morgan fingerprint density at radius 2 is 1.47 bits per heavy atom. The van der Waals surface area contributed by atoms with Gasteiger partial charge in [-0.15, -0.1) is 11.3 Å². The fourth-order valence-electron chi connectivity index (χ4n) is 9.85. The van der Waals surface area contributed by atoms with Gasteiger partial charge in [0.15, 0.2) is 0 Å². The number of allylic oxidation sites excluding steroid dienone is 1. The molecule has 68 heavy (non-hydrogen) atoms. The van der Waals surface area contributed by atoms with Gasteiger partial charge in [-0.2, -0.15) is 10.5 Å². The topological polar surface area (TPSA) is 115 Å². The minimum absolute atomic E-state index is 0.00502. The fraction of sp³-hybridized carbons (Fsp3) is 0.393. The number of rotatable bonds is 20. The van der Waals surface area contributed by atoms with Crippen LogP contribution in [0.2, 0.25) is 0 Å². The van der Waals surface area contributed by atoms with E-state index in [1.54, 1.807) is 28.0 Å². The van der Waals surface area contributed by atoms with E-state index in [-0.39, 0.29) is 52.6 Å². The lowest BCUT2D eigenvalue weighted by Crippen LogP contribution is -2.42. The molecule has 4 atom stereocenters. The average molecular weight is 951 g/mol. The second-order valence-electron chi connectivity index (χ2n) is 18.0. The number of likely N-dealkylation sites (tertiary alicyclic amines) is 2. The standard InChI is InChI=1S/C56H66N6O4S2/c1-4-48-30-31-51(68(48)39-47-19-13-34-61(47)53(65)37-41-15-8-6-9-16-41)45-28-24-43(25-29-45)42-22-26-44(27-23-42)50-38-58-55(67-50)49-20-14-35-62(49)56(66)54(46-17-10-7-11-18-46)59-52(64)21-12-32-57-33-36-60(5-2)40(3)63/h6-11,15-18,22-29,31,38,47,49,54,57H,4-5,12-14,19-21,30,32-37,39H2,1-3H3,(H,59,64)/t47-,49?,54+,68?/m0/s1. The third-order valence-corrected chi connectivity index (χ3v) is 17.6. The van der Waals surface area contributed by atoms with Crippen molar-refractivity contribution >= 4 is 55.2 Å². The molecular formula is C56H66N6O4S2. The van der Waals surface area contributed by atoms with Gasteiger partial charge in [0.05, 0.1) is 17.3 Å². The van der Waals surface area contributed by atoms with Crippen LogP contribution in [0, 0.1) is 0 Å². The summed E-state index contributed by atoms with van der Waals surface area (Å²) in [7, 11) is 0.00502. The second kappa shape index (κ2) is 23.6. The highest BCUT2D eigenvalue weighted by Crippen LogP contribution is 2.45. The molecule has 0 radical (unpaired) electrons. The fourth-order valence-corrected chi connectivity index (χ4v) is 13.7. The number of nitrogens with one attached hydrogen (secondary N) is 2. The largest absolute Gasteiger partial charge is 0.342 e. The molecular weight excluding hydrogens is 885 g/mol. The summed E-state index contributed by atoms with van der Waals surface area (Å²) >= 11 is 1.63. The Morgan fingerprint density at radius 3 is 2.16 bits per heavy atom. The molecule has 356 valence electrons. The van der Waals surface area contributed by atoms with Crippen LogP contribution < -0.4 is 10.6 Å². The van der Waals surface area contributed by atoms with Crippen LogP contribution in [0.15, 0.2) is 121 Å². The molecule has 1 aromatic heterocycles. The maximum Gasteiger partial charge on any atom is 0.250 e. The van der Waals surface area contributed by atoms with Gasteiger partial charge in [0.2, 0.25) is 23.6 Å². The first-order valence-corrected chi connectivity index (χ1v) is 26.8. The van der Waals surface area contributed by atoms with Crippen molar-refractivity contribution in [2.24, 2.45) is 0 Å². The Balaban J connectivity index is 0.880. The molecule has 2 unspecified atom stereocenters. The summed E-state index contributed by atoms with van der Waals surface area (Å²) in [6.07, 6.45) is 11.7. The van der Waals surface area contributed by atoms with E-state index in [9.17, 15) is 19.2 Å². The van der Waals surface area contributed by atoms with Crippen molar-refractivity contribution in [2.75, 3.05) is 45.0 Å². The van der Waals surface area contributed by atoms with Crippen molar-refractivity contribution < 1.29 is 19.2 Å². The molecule has 2 fully saturated rings. The number of benzene rings is 4. The molecule has 0 spiro atoms. The van der Waals surface area contributed by atoms with Crippen LogP contribution in [0.5, 0.6) is 0 Å². The van der Waals surface area contributed by atoms with Gasteiger partial charge in [0.1, 0.15) is 11.0 Å². The first kappa shape index (κ1) is 48.8. The van der Waals surface area contributed by atoms with E-state index >= 15 is 0 Å². The van der Waals surface area contributed by atoms with Gasteiger partial charge in [-0.3, -0.25) is 19.2 Å². The van der Waals surface area contributed by atoms with Crippen molar-refractivity contribution in [1.82, 2.24) is 30.3 Å². The Bertz CT molecular complexity index is 2580. The predicted octanol–water partition coefficient (Wildman–Crippen LogP) is 10.1. The lowest BCUT2D eigenvalue weighted by Gasteiger charge is -2.28. The smallest absolute Gasteiger partial charge is 0.250 e. The third kappa shape index (κ3) is 11.9. The van der Waals surface area contributed by atoms with Crippen LogP contribution in [0.4, 0.5) is 0 Å². The van der Waals surface area contributed by atoms with Crippen LogP contribution in [0.1, 0.15) is 106 Å². The Hall–Kier alpha value is -5.69. The zero-order valence-corrected chi connectivity index (χ0v) is 41.5. The minimum atomic E-state index is -0.791. The number of carbonyl (C=O) groups is 4. The van der Waals surface area contributed by atoms with Crippen LogP contribution >= 0.6 is 21.8 Å². The Labute approximate surface area is 409 Å². The molecule has 3 aliphatic rings. The molecule has 8 rings (SSSR count). The lowest BCUT2D eigenvalue weighted by molar-refractivity contribution is -0.137. The summed E-state index contributed by atoms with van der Waals surface area (Å²) in [5, 5.41) is 7.30. The van der Waals surface area contributed by atoms with Crippen molar-refractivity contribution in [3.05, 3.63) is 143 Å². The summed E-state index contributed by atoms with van der Waals surface area (Å²) in [4.78, 5) is 67.7. The van der Waals surface area contributed by atoms with E-state index in [1.807, 2.05) is 66.6 Å². The molecule has 4 aromatic carbocycles. The molecule has 0 bridgehead atoms. The van der Waals surface area contributed by atoms with E-state index < -0.39 is 6.04 Å². The minimum Gasteiger partial charge on any atom is -0.342 e. The number of likely N-dealkylation sites (N-methyl/N-ethyl adjacent to an activating group) is 1. The van der Waals surface area contributed by atoms with Crippen molar-refractivity contribution in [2.45, 2.75) is 96.7 Å². The quantitative estimate of drug-likeness (QED) is 0.0593. The van der Waals surface area contributed by atoms with Crippen molar-refractivity contribution in [1.29, 1.82) is 0 Å². The number of nitrogens with zero attached hydrogens (tertiary/aromatic N) is 4. The van der Waals surface area contributed by atoms with Crippen LogP contribution in [-0.2, 0) is 25.6 Å². The summed E-state index contributed by atoms with van der Waals surface area (Å²) in [5.41, 5.74) is 6.52. The van der Waals surface area contributed by atoms with Crippen LogP contribution in [0.25, 0.3) is 26.5 Å². The normalized spacial score (nSPS) is 18.4. The number of hydrogen-bond donors (Lipinski definition) is 2. The summed E-state index contributed by atoms with van der Waals surface area (Å²) in [6, 6.07) is 36.7. The molecule has 5 aromatic rings. The highest BCUT2D eigenvalue weighted by molar-refractivity contribution is 8.24. The van der Waals surface area contributed by atoms with Gasteiger partial charge in [0.25, 0.3) is 0 Å². The molecule has 4 heterocycles. The average Bonchev–Trinajstić information content (AvgIpc) is 4.22. The second-order valence-corrected chi connectivity index (χ2v) is 21.2. The number of carbonyl (C=O) groups excluding carboxylic acids is 4. The van der Waals surface area contributed by atoms with Gasteiger partial charge >= 0.3 is 0 Å². The van der Waals surface area contributed by atoms with Gasteiger partial charge in [-0.05, 0) is 96.7 Å². The van der Waals surface area contributed by atoms with Crippen LogP contribution in [-0.4, -0.2) is 99.2 Å². The number of hydrogen-bond acceptors (Lipinski definition) is 7. The molecule has 0 saturated carbocycles. The number of thiazole rings is 1. The van der Waals surface area contributed by atoms with Gasteiger partial charge in [-0.25, -0.2) is 4.98 Å². The molecule has 10 nitrogen and oxygen atoms in total. The molecule has 4 amide bonds. The van der Waals surface area contributed by atoms with E-state index in [4.69, 9.17) is 4.98 Å². The lowest BCUT2D eigenvalue weighted by atomic mass is 10.0. The maximum absolute atomic E-state index is 14.4. The van der Waals surface area contributed by atoms with E-state index in [2.05, 4.69) is 89.2 Å². The number of aromatic nitrogens is 1. The van der Waals surface area contributed by atoms with Gasteiger partial charge in [-0.1, -0.05) is 122 Å². The first-order chi connectivity index (χ1) is 33.2. The first-order valence-electron chi connectivity index (χ1n) is 24.6. The molecule has 3 aliphatic heterocycles. The monoisotopic (exact) mass is 950 g/mol. The van der Waals surface area contributed by atoms with E-state index in [0.717, 1.165) is 83.0 Å². The molecule has 0 aliphatic carbocycles. The summed E-state index contributed by atoms with van der Waals surface area (Å²) in [5.74, 6) is 1.04. The highest BCUT2D eigenvalue weighted by Gasteiger charge is 2.37. The summed E-state index contributed by atoms with van der Waals surface area (Å²) < 4.78 is 0. The van der Waals surface area contributed by atoms with E-state index in [0.29, 0.717) is 45.6 Å².